The van der Waals surface area contributed by atoms with Crippen molar-refractivity contribution >= 4 is 29.1 Å². The van der Waals surface area contributed by atoms with Crippen molar-refractivity contribution < 1.29 is 19.1 Å². The van der Waals surface area contributed by atoms with Gasteiger partial charge in [-0.2, -0.15) is 0 Å². The van der Waals surface area contributed by atoms with E-state index in [1.165, 1.54) is 7.11 Å². The summed E-state index contributed by atoms with van der Waals surface area (Å²) >= 11 is 6.08. The molecule has 2 aliphatic rings. The van der Waals surface area contributed by atoms with Crippen molar-refractivity contribution in [1.82, 2.24) is 0 Å². The summed E-state index contributed by atoms with van der Waals surface area (Å²) in [6.07, 6.45) is 0.948. The van der Waals surface area contributed by atoms with Crippen LogP contribution in [0.5, 0.6) is 5.75 Å². The van der Waals surface area contributed by atoms with Crippen LogP contribution in [-0.2, 0) is 20.9 Å². The van der Waals surface area contributed by atoms with E-state index in [1.54, 1.807) is 0 Å². The van der Waals surface area contributed by atoms with E-state index in [4.69, 9.17) is 26.1 Å². The van der Waals surface area contributed by atoms with Crippen LogP contribution in [0.25, 0.3) is 0 Å². The fraction of sp³-hybridized carbons (Fsp3) is 0.258. The minimum atomic E-state index is -0.707. The number of esters is 1. The predicted molar refractivity (Wildman–Crippen MR) is 144 cm³/mol. The molecule has 0 bridgehead atoms. The zero-order valence-corrected chi connectivity index (χ0v) is 21.6. The van der Waals surface area contributed by atoms with Crippen LogP contribution in [0, 0.1) is 5.92 Å². The Hall–Kier alpha value is -3.70. The van der Waals surface area contributed by atoms with Gasteiger partial charge in [-0.1, -0.05) is 72.3 Å². The Labute approximate surface area is 221 Å². The highest BCUT2D eigenvalue weighted by molar-refractivity contribution is 6.30. The second-order valence-corrected chi connectivity index (χ2v) is 9.92. The molecule has 0 amide bonds. The fourth-order valence-electron chi connectivity index (χ4n) is 5.40. The van der Waals surface area contributed by atoms with Crippen LogP contribution in [0.2, 0.25) is 5.02 Å². The molecule has 6 heteroatoms. The van der Waals surface area contributed by atoms with E-state index in [1.807, 2.05) is 85.8 Å². The van der Waals surface area contributed by atoms with E-state index in [0.29, 0.717) is 41.5 Å². The maximum absolute atomic E-state index is 13.8. The number of Topliss-reactive ketones (excluding diaryl/α,β-unsaturated/α-hetero) is 1. The lowest BCUT2D eigenvalue weighted by Gasteiger charge is -2.36. The molecule has 3 atom stereocenters. The summed E-state index contributed by atoms with van der Waals surface area (Å²) in [4.78, 5) is 31.6. The van der Waals surface area contributed by atoms with E-state index < -0.39 is 17.8 Å². The van der Waals surface area contributed by atoms with Gasteiger partial charge in [0.2, 0.25) is 0 Å². The number of hydrogen-bond donors (Lipinski definition) is 0. The first-order valence-corrected chi connectivity index (χ1v) is 12.7. The number of halogens is 1. The van der Waals surface area contributed by atoms with E-state index in [0.717, 1.165) is 22.4 Å². The Bertz CT molecular complexity index is 1380. The van der Waals surface area contributed by atoms with Gasteiger partial charge in [-0.05, 0) is 48.6 Å². The summed E-state index contributed by atoms with van der Waals surface area (Å²) in [7, 11) is 1.37. The molecule has 1 aliphatic heterocycles. The predicted octanol–water partition coefficient (Wildman–Crippen LogP) is 6.67. The molecule has 0 fully saturated rings. The minimum Gasteiger partial charge on any atom is -0.489 e. The fourth-order valence-corrected chi connectivity index (χ4v) is 5.53. The summed E-state index contributed by atoms with van der Waals surface area (Å²) in [5.74, 6) is -1.02. The smallest absolute Gasteiger partial charge is 0.315 e. The molecule has 3 aromatic carbocycles. The van der Waals surface area contributed by atoms with Gasteiger partial charge in [-0.3, -0.25) is 14.6 Å². The van der Waals surface area contributed by atoms with E-state index in [-0.39, 0.29) is 11.7 Å². The van der Waals surface area contributed by atoms with Crippen molar-refractivity contribution in [3.05, 3.63) is 112 Å². The zero-order valence-electron chi connectivity index (χ0n) is 20.8. The average Bonchev–Trinajstić information content (AvgIpc) is 2.92. The Morgan fingerprint density at radius 1 is 0.973 bits per heavy atom. The number of benzene rings is 3. The molecule has 1 aliphatic carbocycles. The second-order valence-electron chi connectivity index (χ2n) is 9.48. The lowest BCUT2D eigenvalue weighted by Crippen LogP contribution is -2.38. The number of hydrogen-bond acceptors (Lipinski definition) is 5. The van der Waals surface area contributed by atoms with E-state index in [9.17, 15) is 9.59 Å². The first-order valence-electron chi connectivity index (χ1n) is 12.4. The molecular weight excluding hydrogens is 486 g/mol. The normalized spacial score (nSPS) is 21.2. The molecular formula is C31H28ClNO4. The first kappa shape index (κ1) is 25.0. The number of para-hydroxylation sites is 1. The molecule has 0 spiro atoms. The summed E-state index contributed by atoms with van der Waals surface area (Å²) in [5.41, 5.74) is 4.82. The van der Waals surface area contributed by atoms with Gasteiger partial charge in [0.05, 0.1) is 7.11 Å². The maximum atomic E-state index is 13.8. The molecule has 1 unspecified atom stereocenters. The monoisotopic (exact) mass is 513 g/mol. The quantitative estimate of drug-likeness (QED) is 0.345. The van der Waals surface area contributed by atoms with Crippen molar-refractivity contribution in [2.45, 2.75) is 38.2 Å². The van der Waals surface area contributed by atoms with Gasteiger partial charge in [-0.15, -0.1) is 0 Å². The van der Waals surface area contributed by atoms with Crippen molar-refractivity contribution in [1.29, 1.82) is 0 Å². The van der Waals surface area contributed by atoms with Crippen LogP contribution in [0.1, 0.15) is 48.3 Å². The molecule has 1 heterocycles. The van der Waals surface area contributed by atoms with Crippen molar-refractivity contribution in [2.24, 2.45) is 10.9 Å². The molecule has 37 heavy (non-hydrogen) atoms. The molecule has 0 saturated carbocycles. The molecule has 3 aromatic rings. The van der Waals surface area contributed by atoms with Gasteiger partial charge in [-0.25, -0.2) is 0 Å². The third-order valence-electron chi connectivity index (χ3n) is 7.18. The van der Waals surface area contributed by atoms with Crippen LogP contribution < -0.4 is 4.74 Å². The molecule has 188 valence electrons. The summed E-state index contributed by atoms with van der Waals surface area (Å²) in [5, 5.41) is 0.658. The number of ketones is 1. The average molecular weight is 514 g/mol. The SMILES string of the molecule is COC(=O)C1C(C)=NC2=C(C(=O)C[C@@H](c3ccc(Cl)cc3)C2)[C@H]1c1ccccc1OCc1ccccc1. The molecule has 0 aromatic heterocycles. The number of allylic oxidation sites excluding steroid dienone is 2. The molecule has 0 radical (unpaired) electrons. The van der Waals surface area contributed by atoms with Crippen molar-refractivity contribution in [2.75, 3.05) is 7.11 Å². The number of nitrogens with zero attached hydrogens (tertiary/aromatic N) is 1. The van der Waals surface area contributed by atoms with Crippen molar-refractivity contribution in [3.63, 3.8) is 0 Å². The van der Waals surface area contributed by atoms with Gasteiger partial charge in [0.15, 0.2) is 5.78 Å². The number of ether oxygens (including phenoxy) is 2. The van der Waals surface area contributed by atoms with Crippen LogP contribution in [0.15, 0.2) is 95.1 Å². The lowest BCUT2D eigenvalue weighted by atomic mass is 9.69. The minimum absolute atomic E-state index is 0.0000299. The molecule has 5 rings (SSSR count). The molecule has 5 nitrogen and oxygen atoms in total. The highest BCUT2D eigenvalue weighted by Gasteiger charge is 2.45. The first-order chi connectivity index (χ1) is 18.0. The largest absolute Gasteiger partial charge is 0.489 e. The number of aliphatic imine (C=N–C) groups is 1. The Balaban J connectivity index is 1.56. The van der Waals surface area contributed by atoms with Gasteiger partial charge < -0.3 is 9.47 Å². The van der Waals surface area contributed by atoms with Crippen molar-refractivity contribution in [3.8, 4) is 5.75 Å². The van der Waals surface area contributed by atoms with E-state index >= 15 is 0 Å². The van der Waals surface area contributed by atoms with Gasteiger partial charge >= 0.3 is 5.97 Å². The number of methoxy groups -OCH3 is 1. The number of carbonyl (C=O) groups is 2. The second kappa shape index (κ2) is 10.7. The Kier molecular flexibility index (Phi) is 7.24. The highest BCUT2D eigenvalue weighted by Crippen LogP contribution is 2.48. The molecule has 0 N–H and O–H groups in total. The van der Waals surface area contributed by atoms with Crippen LogP contribution >= 0.6 is 11.6 Å². The Morgan fingerprint density at radius 2 is 1.68 bits per heavy atom. The number of rotatable bonds is 6. The topological polar surface area (TPSA) is 65.0 Å². The maximum Gasteiger partial charge on any atom is 0.315 e. The van der Waals surface area contributed by atoms with Crippen LogP contribution in [0.3, 0.4) is 0 Å². The molecule has 0 saturated heterocycles. The van der Waals surface area contributed by atoms with Crippen LogP contribution in [0.4, 0.5) is 0 Å². The lowest BCUT2D eigenvalue weighted by molar-refractivity contribution is -0.143. The van der Waals surface area contributed by atoms with E-state index in [2.05, 4.69) is 0 Å². The van der Waals surface area contributed by atoms with Crippen LogP contribution in [-0.4, -0.2) is 24.6 Å². The summed E-state index contributed by atoms with van der Waals surface area (Å²) in [6, 6.07) is 25.1. The third-order valence-corrected chi connectivity index (χ3v) is 7.43. The summed E-state index contributed by atoms with van der Waals surface area (Å²) < 4.78 is 11.4. The zero-order chi connectivity index (χ0) is 25.9. The Morgan fingerprint density at radius 3 is 2.41 bits per heavy atom. The standard InChI is InChI=1S/C31H28ClNO4/c1-19-28(31(35)36-2)29(24-10-6-7-11-27(24)37-18-20-8-4-3-5-9-20)30-25(33-19)16-22(17-26(30)34)21-12-14-23(32)15-13-21/h3-15,22,28-29H,16-18H2,1-2H3/t22-,28?,29-/m0/s1. The number of carbonyl (C=O) groups excluding carboxylic acids is 2. The van der Waals surface area contributed by atoms with Gasteiger partial charge in [0.1, 0.15) is 18.3 Å². The summed E-state index contributed by atoms with van der Waals surface area (Å²) in [6.45, 7) is 2.21. The van der Waals surface area contributed by atoms with Gasteiger partial charge in [0.25, 0.3) is 0 Å². The van der Waals surface area contributed by atoms with Gasteiger partial charge in [0, 0.05) is 39.9 Å². The third kappa shape index (κ3) is 5.09. The highest BCUT2D eigenvalue weighted by atomic mass is 35.5.